The lowest BCUT2D eigenvalue weighted by molar-refractivity contribution is 0.476. The van der Waals surface area contributed by atoms with Gasteiger partial charge in [0.05, 0.1) is 5.02 Å². The molecule has 0 radical (unpaired) electrons. The van der Waals surface area contributed by atoms with Crippen molar-refractivity contribution in [3.8, 4) is 0 Å². The third-order valence-electron chi connectivity index (χ3n) is 3.76. The molecule has 0 saturated heterocycles. The number of nitrogens with two attached hydrogens (primary N) is 1. The number of halogens is 2. The van der Waals surface area contributed by atoms with Crippen molar-refractivity contribution in [3.05, 3.63) is 27.7 Å². The summed E-state index contributed by atoms with van der Waals surface area (Å²) >= 11 is 12.1. The maximum absolute atomic E-state index is 12.5. The molecule has 0 bridgehead atoms. The first kappa shape index (κ1) is 16.0. The van der Waals surface area contributed by atoms with Gasteiger partial charge >= 0.3 is 0 Å². The molecule has 1 aliphatic carbocycles. The van der Waals surface area contributed by atoms with Gasteiger partial charge in [-0.25, -0.2) is 13.1 Å². The Morgan fingerprint density at radius 3 is 2.60 bits per heavy atom. The summed E-state index contributed by atoms with van der Waals surface area (Å²) in [6.45, 7) is 2.19. The number of nitrogens with one attached hydrogen (secondary N) is 1. The molecule has 2 unspecified atom stereocenters. The van der Waals surface area contributed by atoms with Crippen molar-refractivity contribution in [2.24, 2.45) is 11.7 Å². The molecule has 20 heavy (non-hydrogen) atoms. The Morgan fingerprint density at radius 2 is 2.05 bits per heavy atom. The molecule has 1 aliphatic rings. The van der Waals surface area contributed by atoms with Crippen LogP contribution in [0.15, 0.2) is 17.0 Å². The quantitative estimate of drug-likeness (QED) is 0.887. The lowest BCUT2D eigenvalue weighted by Crippen LogP contribution is -2.36. The van der Waals surface area contributed by atoms with Crippen LogP contribution in [0.3, 0.4) is 0 Å². The average Bonchev–Trinajstić information content (AvgIpc) is 2.76. The summed E-state index contributed by atoms with van der Waals surface area (Å²) in [5.41, 5.74) is 6.09. The molecule has 0 aliphatic heterocycles. The highest BCUT2D eigenvalue weighted by Gasteiger charge is 2.30. The molecule has 7 heteroatoms. The average molecular weight is 337 g/mol. The van der Waals surface area contributed by atoms with Gasteiger partial charge in [0.2, 0.25) is 10.0 Å². The van der Waals surface area contributed by atoms with Gasteiger partial charge in [0, 0.05) is 17.6 Å². The van der Waals surface area contributed by atoms with Crippen LogP contribution in [-0.4, -0.2) is 14.5 Å². The van der Waals surface area contributed by atoms with Crippen LogP contribution in [0.2, 0.25) is 10.0 Å². The fourth-order valence-electron chi connectivity index (χ4n) is 2.55. The number of benzene rings is 1. The zero-order valence-corrected chi connectivity index (χ0v) is 13.5. The first-order valence-electron chi connectivity index (χ1n) is 6.55. The van der Waals surface area contributed by atoms with Crippen LogP contribution in [0.5, 0.6) is 0 Å². The summed E-state index contributed by atoms with van der Waals surface area (Å²) in [4.78, 5) is 0.00576. The van der Waals surface area contributed by atoms with E-state index >= 15 is 0 Å². The predicted octanol–water partition coefficient (Wildman–Crippen LogP) is 2.92. The van der Waals surface area contributed by atoms with Gasteiger partial charge in [0.1, 0.15) is 4.90 Å². The fourth-order valence-corrected chi connectivity index (χ4v) is 4.87. The first-order valence-corrected chi connectivity index (χ1v) is 8.79. The molecule has 1 aromatic carbocycles. The second kappa shape index (κ2) is 6.20. The molecule has 2 rings (SSSR count). The molecule has 1 fully saturated rings. The van der Waals surface area contributed by atoms with Gasteiger partial charge in [-0.15, -0.1) is 0 Å². The van der Waals surface area contributed by atoms with E-state index in [0.717, 1.165) is 19.3 Å². The Labute approximate surface area is 129 Å². The van der Waals surface area contributed by atoms with E-state index in [1.54, 1.807) is 6.07 Å². The molecule has 1 saturated carbocycles. The van der Waals surface area contributed by atoms with E-state index in [0.29, 0.717) is 16.5 Å². The van der Waals surface area contributed by atoms with Crippen molar-refractivity contribution < 1.29 is 8.42 Å². The smallest absolute Gasteiger partial charge is 0.242 e. The van der Waals surface area contributed by atoms with Crippen molar-refractivity contribution >= 4 is 33.2 Å². The number of hydrogen-bond donors (Lipinski definition) is 2. The molecule has 112 valence electrons. The van der Waals surface area contributed by atoms with Crippen molar-refractivity contribution in [2.75, 3.05) is 0 Å². The zero-order valence-electron chi connectivity index (χ0n) is 11.2. The molecule has 0 amide bonds. The lowest BCUT2D eigenvalue weighted by atomic mass is 10.1. The third kappa shape index (κ3) is 3.28. The number of rotatable bonds is 4. The van der Waals surface area contributed by atoms with Crippen molar-refractivity contribution in [2.45, 2.75) is 43.7 Å². The maximum Gasteiger partial charge on any atom is 0.242 e. The summed E-state index contributed by atoms with van der Waals surface area (Å²) < 4.78 is 27.7. The fraction of sp³-hybridized carbons (Fsp3) is 0.538. The van der Waals surface area contributed by atoms with Gasteiger partial charge < -0.3 is 5.73 Å². The van der Waals surface area contributed by atoms with E-state index in [2.05, 4.69) is 4.72 Å². The maximum atomic E-state index is 12.5. The lowest BCUT2D eigenvalue weighted by Gasteiger charge is -2.18. The minimum absolute atomic E-state index is 0.00576. The molecule has 3 N–H and O–H groups in total. The summed E-state index contributed by atoms with van der Waals surface area (Å²) in [5, 5.41) is 0.463. The monoisotopic (exact) mass is 336 g/mol. The molecule has 2 atom stereocenters. The normalized spacial score (nSPS) is 23.2. The van der Waals surface area contributed by atoms with Crippen molar-refractivity contribution in [3.63, 3.8) is 0 Å². The number of sulfonamides is 1. The highest BCUT2D eigenvalue weighted by atomic mass is 35.5. The largest absolute Gasteiger partial charge is 0.326 e. The molecular formula is C13H18Cl2N2O2S. The van der Waals surface area contributed by atoms with E-state index in [1.165, 1.54) is 6.07 Å². The number of hydrogen-bond acceptors (Lipinski definition) is 3. The Hall–Kier alpha value is -0.330. The van der Waals surface area contributed by atoms with Crippen LogP contribution in [0, 0.1) is 5.92 Å². The van der Waals surface area contributed by atoms with Gasteiger partial charge in [-0.3, -0.25) is 0 Å². The van der Waals surface area contributed by atoms with Crippen LogP contribution in [0.25, 0.3) is 0 Å². The van der Waals surface area contributed by atoms with Crippen LogP contribution in [-0.2, 0) is 16.6 Å². The van der Waals surface area contributed by atoms with Gasteiger partial charge in [0.25, 0.3) is 0 Å². The third-order valence-corrected chi connectivity index (χ3v) is 6.05. The minimum atomic E-state index is -3.68. The second-order valence-electron chi connectivity index (χ2n) is 5.22. The molecule has 0 heterocycles. The first-order chi connectivity index (χ1) is 9.35. The minimum Gasteiger partial charge on any atom is -0.326 e. The van der Waals surface area contributed by atoms with Gasteiger partial charge in [0.15, 0.2) is 0 Å². The molecule has 0 aromatic heterocycles. The summed E-state index contributed by atoms with van der Waals surface area (Å²) in [7, 11) is -3.68. The Bertz CT molecular complexity index is 605. The standard InChI is InChI=1S/C13H18Cl2N2O2S/c1-8-3-2-4-11(8)17-20(18,19)12-6-10(14)5-9(7-16)13(12)15/h5-6,8,11,17H,2-4,7,16H2,1H3. The van der Waals surface area contributed by atoms with Gasteiger partial charge in [-0.1, -0.05) is 36.5 Å². The van der Waals surface area contributed by atoms with Crippen LogP contribution < -0.4 is 10.5 Å². The molecule has 1 aromatic rings. The van der Waals surface area contributed by atoms with E-state index in [4.69, 9.17) is 28.9 Å². The van der Waals surface area contributed by atoms with Crippen LogP contribution in [0.4, 0.5) is 0 Å². The SMILES string of the molecule is CC1CCCC1NS(=O)(=O)c1cc(Cl)cc(CN)c1Cl. The Balaban J connectivity index is 2.36. The van der Waals surface area contributed by atoms with E-state index in [9.17, 15) is 8.42 Å². The summed E-state index contributed by atoms with van der Waals surface area (Å²) in [5.74, 6) is 0.330. The Morgan fingerprint density at radius 1 is 1.35 bits per heavy atom. The van der Waals surface area contributed by atoms with E-state index in [1.807, 2.05) is 6.92 Å². The highest BCUT2D eigenvalue weighted by molar-refractivity contribution is 7.89. The molecule has 0 spiro atoms. The van der Waals surface area contributed by atoms with Crippen LogP contribution >= 0.6 is 23.2 Å². The van der Waals surface area contributed by atoms with Gasteiger partial charge in [-0.2, -0.15) is 0 Å². The topological polar surface area (TPSA) is 72.2 Å². The zero-order chi connectivity index (χ0) is 14.9. The van der Waals surface area contributed by atoms with Crippen molar-refractivity contribution in [1.29, 1.82) is 0 Å². The van der Waals surface area contributed by atoms with Crippen LogP contribution in [0.1, 0.15) is 31.7 Å². The Kier molecular flexibility index (Phi) is 4.97. The summed E-state index contributed by atoms with van der Waals surface area (Å²) in [6.07, 6.45) is 2.92. The predicted molar refractivity (Wildman–Crippen MR) is 81.5 cm³/mol. The van der Waals surface area contributed by atoms with E-state index in [-0.39, 0.29) is 22.5 Å². The van der Waals surface area contributed by atoms with E-state index < -0.39 is 10.0 Å². The second-order valence-corrected chi connectivity index (χ2v) is 7.71. The summed E-state index contributed by atoms with van der Waals surface area (Å²) in [6, 6.07) is 2.91. The molecular weight excluding hydrogens is 319 g/mol. The van der Waals surface area contributed by atoms with Gasteiger partial charge in [-0.05, 0) is 36.5 Å². The van der Waals surface area contributed by atoms with Crippen molar-refractivity contribution in [1.82, 2.24) is 4.72 Å². The highest BCUT2D eigenvalue weighted by Crippen LogP contribution is 2.31. The molecule has 4 nitrogen and oxygen atoms in total.